The number of para-hydroxylation sites is 1. The number of nitrogens with one attached hydrogen (secondary N) is 1. The third kappa shape index (κ3) is 4.63. The van der Waals surface area contributed by atoms with Crippen molar-refractivity contribution in [3.63, 3.8) is 0 Å². The summed E-state index contributed by atoms with van der Waals surface area (Å²) in [5.74, 6) is 0.454. The second-order valence-electron chi connectivity index (χ2n) is 5.41. The zero-order valence-corrected chi connectivity index (χ0v) is 14.3. The lowest BCUT2D eigenvalue weighted by molar-refractivity contribution is 0.212. The van der Waals surface area contributed by atoms with Gasteiger partial charge in [-0.1, -0.05) is 18.2 Å². The normalized spacial score (nSPS) is 13.2. The van der Waals surface area contributed by atoms with Gasteiger partial charge in [-0.25, -0.2) is 4.79 Å². The maximum atomic E-state index is 12.4. The van der Waals surface area contributed by atoms with Gasteiger partial charge in [0.1, 0.15) is 0 Å². The molecule has 1 heterocycles. The molecule has 0 unspecified atom stereocenters. The number of carbonyl (C=O) groups excluding carboxylic acids is 1. The highest BCUT2D eigenvalue weighted by molar-refractivity contribution is 7.84. The van der Waals surface area contributed by atoms with Crippen LogP contribution in [0.25, 0.3) is 11.1 Å². The second-order valence-corrected chi connectivity index (χ2v) is 6.89. The number of rotatable bonds is 5. The van der Waals surface area contributed by atoms with Crippen LogP contribution in [-0.4, -0.2) is 45.2 Å². The third-order valence-corrected chi connectivity index (χ3v) is 4.57. The van der Waals surface area contributed by atoms with Gasteiger partial charge in [-0.05, 0) is 30.7 Å². The van der Waals surface area contributed by atoms with Crippen LogP contribution in [-0.2, 0) is 10.8 Å². The first-order valence-corrected chi connectivity index (χ1v) is 9.05. The Morgan fingerprint density at radius 1 is 1.26 bits per heavy atom. The van der Waals surface area contributed by atoms with Crippen molar-refractivity contribution in [2.24, 2.45) is 0 Å². The van der Waals surface area contributed by atoms with E-state index in [1.165, 1.54) is 0 Å². The van der Waals surface area contributed by atoms with Crippen molar-refractivity contribution in [1.82, 2.24) is 9.88 Å². The summed E-state index contributed by atoms with van der Waals surface area (Å²) in [5, 5.41) is 2.93. The van der Waals surface area contributed by atoms with Crippen molar-refractivity contribution in [1.29, 1.82) is 0 Å². The topological polar surface area (TPSA) is 62.3 Å². The molecular formula is C17H21N3O2S. The summed E-state index contributed by atoms with van der Waals surface area (Å²) < 4.78 is 11.3. The maximum Gasteiger partial charge on any atom is 0.321 e. The summed E-state index contributed by atoms with van der Waals surface area (Å²) in [4.78, 5) is 18.0. The maximum absolute atomic E-state index is 12.4. The molecule has 1 aromatic heterocycles. The van der Waals surface area contributed by atoms with Gasteiger partial charge in [0.05, 0.1) is 5.69 Å². The highest BCUT2D eigenvalue weighted by atomic mass is 32.2. The first-order chi connectivity index (χ1) is 11.0. The molecule has 1 aromatic carbocycles. The van der Waals surface area contributed by atoms with E-state index in [1.807, 2.05) is 43.3 Å². The van der Waals surface area contributed by atoms with Gasteiger partial charge in [-0.15, -0.1) is 0 Å². The summed E-state index contributed by atoms with van der Waals surface area (Å²) in [5.41, 5.74) is 2.66. The SMILES string of the molecule is C[C@@H](C[S@](C)=O)N(C)C(=O)Nc1ccccc1-c1ccncc1. The van der Waals surface area contributed by atoms with E-state index < -0.39 is 10.8 Å². The molecule has 6 heteroatoms. The Hall–Kier alpha value is -2.21. The van der Waals surface area contributed by atoms with Gasteiger partial charge < -0.3 is 10.2 Å². The average Bonchev–Trinajstić information content (AvgIpc) is 2.54. The molecule has 1 N–H and O–H groups in total. The number of benzene rings is 1. The summed E-state index contributed by atoms with van der Waals surface area (Å²) in [6.45, 7) is 1.88. The number of urea groups is 1. The largest absolute Gasteiger partial charge is 0.324 e. The van der Waals surface area contributed by atoms with Crippen LogP contribution in [0.2, 0.25) is 0 Å². The number of amides is 2. The molecule has 23 heavy (non-hydrogen) atoms. The van der Waals surface area contributed by atoms with Crippen molar-refractivity contribution in [3.8, 4) is 11.1 Å². The fourth-order valence-corrected chi connectivity index (χ4v) is 3.13. The Bertz CT molecular complexity index is 691. The molecule has 0 aliphatic carbocycles. The van der Waals surface area contributed by atoms with Crippen molar-refractivity contribution in [3.05, 3.63) is 48.8 Å². The van der Waals surface area contributed by atoms with E-state index in [9.17, 15) is 9.00 Å². The molecule has 0 bridgehead atoms. The number of carbonyl (C=O) groups is 1. The van der Waals surface area contributed by atoms with Crippen LogP contribution < -0.4 is 5.32 Å². The lowest BCUT2D eigenvalue weighted by atomic mass is 10.1. The van der Waals surface area contributed by atoms with Crippen LogP contribution in [0.4, 0.5) is 10.5 Å². The fraction of sp³-hybridized carbons (Fsp3) is 0.294. The highest BCUT2D eigenvalue weighted by Gasteiger charge is 2.18. The molecule has 2 rings (SSSR count). The van der Waals surface area contributed by atoms with Crippen LogP contribution >= 0.6 is 0 Å². The van der Waals surface area contributed by atoms with E-state index in [0.717, 1.165) is 16.8 Å². The Balaban J connectivity index is 2.17. The molecule has 0 aliphatic heterocycles. The molecular weight excluding hydrogens is 310 g/mol. The van der Waals surface area contributed by atoms with E-state index in [2.05, 4.69) is 10.3 Å². The van der Waals surface area contributed by atoms with Gasteiger partial charge in [-0.3, -0.25) is 9.19 Å². The number of aromatic nitrogens is 1. The molecule has 0 radical (unpaired) electrons. The van der Waals surface area contributed by atoms with Crippen molar-refractivity contribution in [2.75, 3.05) is 24.4 Å². The summed E-state index contributed by atoms with van der Waals surface area (Å²) in [7, 11) is 0.768. The smallest absolute Gasteiger partial charge is 0.321 e. The predicted octanol–water partition coefficient (Wildman–Crippen LogP) is 2.98. The predicted molar refractivity (Wildman–Crippen MR) is 94.9 cm³/mol. The molecule has 0 spiro atoms. The minimum Gasteiger partial charge on any atom is -0.324 e. The summed E-state index contributed by atoms with van der Waals surface area (Å²) >= 11 is 0. The molecule has 0 saturated heterocycles. The lowest BCUT2D eigenvalue weighted by Crippen LogP contribution is -2.41. The standard InChI is InChI=1S/C17H21N3O2S/c1-13(12-23(3)22)20(2)17(21)19-16-7-5-4-6-15(16)14-8-10-18-11-9-14/h4-11,13H,12H2,1-3H3,(H,19,21)/t13-,23-/m0/s1. The number of pyridine rings is 1. The van der Waals surface area contributed by atoms with E-state index in [-0.39, 0.29) is 12.1 Å². The van der Waals surface area contributed by atoms with Crippen molar-refractivity contribution >= 4 is 22.5 Å². The van der Waals surface area contributed by atoms with Crippen LogP contribution in [0.1, 0.15) is 6.92 Å². The fourth-order valence-electron chi connectivity index (χ4n) is 2.23. The first kappa shape index (κ1) is 17.1. The monoisotopic (exact) mass is 331 g/mol. The van der Waals surface area contributed by atoms with Crippen LogP contribution in [0.15, 0.2) is 48.8 Å². The van der Waals surface area contributed by atoms with Crippen LogP contribution in [0.3, 0.4) is 0 Å². The molecule has 2 amide bonds. The highest BCUT2D eigenvalue weighted by Crippen LogP contribution is 2.27. The van der Waals surface area contributed by atoms with Gasteiger partial charge in [-0.2, -0.15) is 0 Å². The quantitative estimate of drug-likeness (QED) is 0.916. The summed E-state index contributed by atoms with van der Waals surface area (Å²) in [6.07, 6.45) is 5.08. The number of anilines is 1. The van der Waals surface area contributed by atoms with Gasteiger partial charge >= 0.3 is 6.03 Å². The van der Waals surface area contributed by atoms with E-state index in [1.54, 1.807) is 30.6 Å². The van der Waals surface area contributed by atoms with Crippen LogP contribution in [0, 0.1) is 0 Å². The van der Waals surface area contributed by atoms with E-state index in [0.29, 0.717) is 5.75 Å². The van der Waals surface area contributed by atoms with E-state index >= 15 is 0 Å². The summed E-state index contributed by atoms with van der Waals surface area (Å²) in [6, 6.07) is 11.1. The van der Waals surface area contributed by atoms with Gasteiger partial charge in [0, 0.05) is 53.9 Å². The molecule has 2 atom stereocenters. The van der Waals surface area contributed by atoms with Crippen molar-refractivity contribution in [2.45, 2.75) is 13.0 Å². The Morgan fingerprint density at radius 2 is 1.91 bits per heavy atom. The second kappa shape index (κ2) is 7.87. The average molecular weight is 331 g/mol. The van der Waals surface area contributed by atoms with Gasteiger partial charge in [0.2, 0.25) is 0 Å². The molecule has 0 saturated carbocycles. The Kier molecular flexibility index (Phi) is 5.87. The molecule has 0 aliphatic rings. The molecule has 5 nitrogen and oxygen atoms in total. The van der Waals surface area contributed by atoms with Crippen molar-refractivity contribution < 1.29 is 9.00 Å². The molecule has 2 aromatic rings. The zero-order chi connectivity index (χ0) is 16.8. The first-order valence-electron chi connectivity index (χ1n) is 7.32. The zero-order valence-electron chi connectivity index (χ0n) is 13.5. The number of hydrogen-bond acceptors (Lipinski definition) is 3. The minimum atomic E-state index is -0.942. The van der Waals surface area contributed by atoms with Gasteiger partial charge in [0.25, 0.3) is 0 Å². The number of hydrogen-bond donors (Lipinski definition) is 1. The Labute approximate surface area is 139 Å². The van der Waals surface area contributed by atoms with E-state index in [4.69, 9.17) is 0 Å². The molecule has 122 valence electrons. The molecule has 0 fully saturated rings. The Morgan fingerprint density at radius 3 is 2.57 bits per heavy atom. The third-order valence-electron chi connectivity index (χ3n) is 3.62. The van der Waals surface area contributed by atoms with Gasteiger partial charge in [0.15, 0.2) is 0 Å². The van der Waals surface area contributed by atoms with Crippen LogP contribution in [0.5, 0.6) is 0 Å². The minimum absolute atomic E-state index is 0.103. The number of nitrogens with zero attached hydrogens (tertiary/aromatic N) is 2. The lowest BCUT2D eigenvalue weighted by Gasteiger charge is -2.25.